The highest BCUT2D eigenvalue weighted by molar-refractivity contribution is 7.08. The smallest absolute Gasteiger partial charge is 0.265 e. The quantitative estimate of drug-likeness (QED) is 0.867. The van der Waals surface area contributed by atoms with E-state index in [1.807, 2.05) is 20.8 Å². The van der Waals surface area contributed by atoms with E-state index < -0.39 is 0 Å². The molecule has 5 nitrogen and oxygen atoms in total. The van der Waals surface area contributed by atoms with Crippen molar-refractivity contribution >= 4 is 17.4 Å². The van der Waals surface area contributed by atoms with Crippen LogP contribution in [0, 0.1) is 5.92 Å². The number of rotatable bonds is 5. The van der Waals surface area contributed by atoms with Gasteiger partial charge in [-0.05, 0) is 23.9 Å². The summed E-state index contributed by atoms with van der Waals surface area (Å²) >= 11 is 1.10. The topological polar surface area (TPSA) is 75.1 Å². The minimum Gasteiger partial charge on any atom is -0.394 e. The van der Waals surface area contributed by atoms with Crippen molar-refractivity contribution in [2.45, 2.75) is 52.5 Å². The van der Waals surface area contributed by atoms with Gasteiger partial charge in [0.1, 0.15) is 4.88 Å². The molecule has 1 atom stereocenters. The molecule has 108 valence electrons. The number of aromatic nitrogens is 2. The highest BCUT2D eigenvalue weighted by Gasteiger charge is 2.27. The van der Waals surface area contributed by atoms with Gasteiger partial charge in [-0.3, -0.25) is 4.79 Å². The van der Waals surface area contributed by atoms with Crippen LogP contribution in [-0.4, -0.2) is 33.2 Å². The average Bonchev–Trinajstić information content (AvgIpc) is 2.75. The van der Waals surface area contributed by atoms with Crippen LogP contribution in [0.1, 0.15) is 56.4 Å². The molecule has 0 aromatic carbocycles. The fourth-order valence-corrected chi connectivity index (χ4v) is 2.61. The Hall–Kier alpha value is -1.01. The third kappa shape index (κ3) is 4.54. The van der Waals surface area contributed by atoms with Crippen molar-refractivity contribution in [3.63, 3.8) is 0 Å². The number of nitrogens with one attached hydrogen (secondary N) is 1. The second-order valence-corrected chi connectivity index (χ2v) is 6.94. The molecule has 0 radical (unpaired) electrons. The van der Waals surface area contributed by atoms with E-state index in [1.54, 1.807) is 0 Å². The summed E-state index contributed by atoms with van der Waals surface area (Å²) in [5.41, 5.74) is 0.489. The summed E-state index contributed by atoms with van der Waals surface area (Å²) in [6.45, 7) is 10.1. The van der Waals surface area contributed by atoms with Gasteiger partial charge in [-0.15, -0.1) is 5.10 Å². The molecule has 1 heterocycles. The van der Waals surface area contributed by atoms with Crippen molar-refractivity contribution in [3.8, 4) is 0 Å². The van der Waals surface area contributed by atoms with Gasteiger partial charge in [-0.2, -0.15) is 0 Å². The summed E-state index contributed by atoms with van der Waals surface area (Å²) in [6, 6.07) is -0.220. The fraction of sp³-hybridized carbons (Fsp3) is 0.769. The lowest BCUT2D eigenvalue weighted by molar-refractivity contribution is 0.0910. The third-order valence-electron chi connectivity index (χ3n) is 2.72. The summed E-state index contributed by atoms with van der Waals surface area (Å²) in [7, 11) is 0. The number of hydrogen-bond donors (Lipinski definition) is 2. The Balaban J connectivity index is 2.81. The average molecular weight is 285 g/mol. The molecule has 0 aliphatic carbocycles. The van der Waals surface area contributed by atoms with Gasteiger partial charge in [-0.25, -0.2) is 0 Å². The van der Waals surface area contributed by atoms with Crippen molar-refractivity contribution in [2.75, 3.05) is 6.61 Å². The lowest BCUT2D eigenvalue weighted by Crippen LogP contribution is -2.39. The summed E-state index contributed by atoms with van der Waals surface area (Å²) in [5, 5.41) is 16.2. The molecule has 1 amide bonds. The van der Waals surface area contributed by atoms with Gasteiger partial charge >= 0.3 is 0 Å². The Labute approximate surface area is 118 Å². The van der Waals surface area contributed by atoms with Crippen LogP contribution in [0.4, 0.5) is 0 Å². The third-order valence-corrected chi connectivity index (χ3v) is 3.44. The molecule has 0 bridgehead atoms. The van der Waals surface area contributed by atoms with Crippen LogP contribution in [0.5, 0.6) is 0 Å². The van der Waals surface area contributed by atoms with E-state index >= 15 is 0 Å². The SMILES string of the molecule is CC(C)CC(CO)NC(=O)c1snnc1C(C)(C)C. The molecule has 1 aromatic heterocycles. The molecule has 1 unspecified atom stereocenters. The van der Waals surface area contributed by atoms with Crippen molar-refractivity contribution in [3.05, 3.63) is 10.6 Å². The maximum Gasteiger partial charge on any atom is 0.265 e. The number of nitrogens with zero attached hydrogens (tertiary/aromatic N) is 2. The normalized spacial score (nSPS) is 13.6. The minimum atomic E-state index is -0.220. The van der Waals surface area contributed by atoms with Gasteiger partial charge in [0.15, 0.2) is 0 Å². The van der Waals surface area contributed by atoms with E-state index in [2.05, 4.69) is 28.8 Å². The predicted molar refractivity (Wildman–Crippen MR) is 76.4 cm³/mol. The molecular weight excluding hydrogens is 262 g/mol. The molecule has 2 N–H and O–H groups in total. The molecule has 0 saturated heterocycles. The first-order chi connectivity index (χ1) is 8.75. The predicted octanol–water partition coefficient (Wildman–Crippen LogP) is 1.97. The van der Waals surface area contributed by atoms with Gasteiger partial charge in [0.25, 0.3) is 5.91 Å². The van der Waals surface area contributed by atoms with E-state index in [0.717, 1.165) is 18.0 Å². The highest BCUT2D eigenvalue weighted by atomic mass is 32.1. The van der Waals surface area contributed by atoms with E-state index in [0.29, 0.717) is 16.5 Å². The minimum absolute atomic E-state index is 0.0546. The first-order valence-electron chi connectivity index (χ1n) is 6.50. The summed E-state index contributed by atoms with van der Waals surface area (Å²) < 4.78 is 3.87. The summed E-state index contributed by atoms with van der Waals surface area (Å²) in [4.78, 5) is 12.8. The van der Waals surface area contributed by atoms with E-state index in [1.165, 1.54) is 0 Å². The van der Waals surface area contributed by atoms with Gasteiger partial charge in [0, 0.05) is 5.41 Å². The van der Waals surface area contributed by atoms with Gasteiger partial charge in [0.05, 0.1) is 18.3 Å². The Morgan fingerprint density at radius 1 is 1.42 bits per heavy atom. The maximum absolute atomic E-state index is 12.2. The Bertz CT molecular complexity index is 424. The van der Waals surface area contributed by atoms with E-state index in [9.17, 15) is 9.90 Å². The lowest BCUT2D eigenvalue weighted by Gasteiger charge is -2.20. The second-order valence-electron chi connectivity index (χ2n) is 6.18. The lowest BCUT2D eigenvalue weighted by atomic mass is 9.91. The van der Waals surface area contributed by atoms with Crippen LogP contribution in [0.15, 0.2) is 0 Å². The number of aliphatic hydroxyl groups excluding tert-OH is 1. The van der Waals surface area contributed by atoms with Crippen molar-refractivity contribution in [1.29, 1.82) is 0 Å². The zero-order valence-corrected chi connectivity index (χ0v) is 13.0. The van der Waals surface area contributed by atoms with Gasteiger partial charge < -0.3 is 10.4 Å². The van der Waals surface area contributed by atoms with Crippen LogP contribution in [0.3, 0.4) is 0 Å². The van der Waals surface area contributed by atoms with Gasteiger partial charge in [-0.1, -0.05) is 39.1 Å². The van der Waals surface area contributed by atoms with E-state index in [4.69, 9.17) is 0 Å². The Kier molecular flexibility index (Phi) is 5.43. The van der Waals surface area contributed by atoms with Crippen LogP contribution >= 0.6 is 11.5 Å². The molecule has 6 heteroatoms. The number of carbonyl (C=O) groups excluding carboxylic acids is 1. The number of amides is 1. The Morgan fingerprint density at radius 2 is 2.05 bits per heavy atom. The van der Waals surface area contributed by atoms with Crippen LogP contribution < -0.4 is 5.32 Å². The number of carbonyl (C=O) groups is 1. The van der Waals surface area contributed by atoms with Crippen LogP contribution in [0.2, 0.25) is 0 Å². The first-order valence-corrected chi connectivity index (χ1v) is 7.27. The van der Waals surface area contributed by atoms with E-state index in [-0.39, 0.29) is 24.0 Å². The molecule has 1 aromatic rings. The Morgan fingerprint density at radius 3 is 2.53 bits per heavy atom. The summed E-state index contributed by atoms with van der Waals surface area (Å²) in [5.74, 6) is 0.221. The zero-order valence-electron chi connectivity index (χ0n) is 12.2. The molecule has 0 saturated carbocycles. The standard InChI is InChI=1S/C13H23N3O2S/c1-8(2)6-9(7-17)14-12(18)10-11(13(3,4)5)15-16-19-10/h8-9,17H,6-7H2,1-5H3,(H,14,18). The molecular formula is C13H23N3O2S. The van der Waals surface area contributed by atoms with Crippen molar-refractivity contribution < 1.29 is 9.90 Å². The number of aliphatic hydroxyl groups is 1. The van der Waals surface area contributed by atoms with Gasteiger partial charge in [0.2, 0.25) is 0 Å². The first kappa shape index (κ1) is 16.0. The van der Waals surface area contributed by atoms with Crippen LogP contribution in [0.25, 0.3) is 0 Å². The largest absolute Gasteiger partial charge is 0.394 e. The molecule has 0 aliphatic rings. The maximum atomic E-state index is 12.2. The monoisotopic (exact) mass is 285 g/mol. The zero-order chi connectivity index (χ0) is 14.6. The summed E-state index contributed by atoms with van der Waals surface area (Å²) in [6.07, 6.45) is 0.749. The van der Waals surface area contributed by atoms with Crippen molar-refractivity contribution in [2.24, 2.45) is 5.92 Å². The second kappa shape index (κ2) is 6.43. The number of hydrogen-bond acceptors (Lipinski definition) is 5. The molecule has 0 spiro atoms. The molecule has 0 aliphatic heterocycles. The molecule has 19 heavy (non-hydrogen) atoms. The van der Waals surface area contributed by atoms with Crippen LogP contribution in [-0.2, 0) is 5.41 Å². The fourth-order valence-electron chi connectivity index (χ4n) is 1.83. The van der Waals surface area contributed by atoms with Crippen molar-refractivity contribution in [1.82, 2.24) is 14.9 Å². The molecule has 1 rings (SSSR count). The molecule has 0 fully saturated rings. The highest BCUT2D eigenvalue weighted by Crippen LogP contribution is 2.25.